The first-order valence-electron chi connectivity index (χ1n) is 7.80. The van der Waals surface area contributed by atoms with Gasteiger partial charge in [0.05, 0.1) is 5.92 Å². The topological polar surface area (TPSA) is 32.3 Å². The van der Waals surface area contributed by atoms with E-state index in [1.165, 1.54) is 11.3 Å². The van der Waals surface area contributed by atoms with E-state index in [0.29, 0.717) is 5.91 Å². The van der Waals surface area contributed by atoms with Crippen LogP contribution in [0, 0.1) is 5.92 Å². The summed E-state index contributed by atoms with van der Waals surface area (Å²) in [5.41, 5.74) is 2.44. The Morgan fingerprint density at radius 1 is 1.25 bits per heavy atom. The van der Waals surface area contributed by atoms with E-state index in [-0.39, 0.29) is 12.0 Å². The molecule has 0 spiro atoms. The molecular formula is C17H26N2O. The number of para-hydroxylation sites is 1. The number of amides is 1. The number of anilines is 1. The number of benzene rings is 1. The van der Waals surface area contributed by atoms with Crippen LogP contribution in [0.2, 0.25) is 0 Å². The molecule has 0 saturated heterocycles. The molecule has 0 bridgehead atoms. The highest BCUT2D eigenvalue weighted by Gasteiger charge is 2.32. The van der Waals surface area contributed by atoms with Gasteiger partial charge in [-0.1, -0.05) is 32.0 Å². The predicted octanol–water partition coefficient (Wildman–Crippen LogP) is 3.31. The minimum Gasteiger partial charge on any atom is -0.382 e. The minimum absolute atomic E-state index is 0.0583. The van der Waals surface area contributed by atoms with Gasteiger partial charge in [-0.05, 0) is 37.8 Å². The first-order chi connectivity index (χ1) is 9.67. The number of fused-ring (bicyclic) bond motifs is 1. The third-order valence-corrected chi connectivity index (χ3v) is 4.06. The maximum Gasteiger partial charge on any atom is 0.228 e. The van der Waals surface area contributed by atoms with Crippen molar-refractivity contribution < 1.29 is 4.79 Å². The minimum atomic E-state index is 0.0583. The third-order valence-electron chi connectivity index (χ3n) is 4.06. The van der Waals surface area contributed by atoms with Crippen LogP contribution >= 0.6 is 0 Å². The lowest BCUT2D eigenvalue weighted by atomic mass is 9.87. The summed E-state index contributed by atoms with van der Waals surface area (Å²) in [7, 11) is 0. The number of carbonyl (C=O) groups excluding carboxylic acids is 1. The molecule has 2 atom stereocenters. The summed E-state index contributed by atoms with van der Waals surface area (Å²) in [5, 5.41) is 3.48. The Bertz CT molecular complexity index is 452. The molecule has 0 saturated carbocycles. The van der Waals surface area contributed by atoms with E-state index >= 15 is 0 Å². The molecule has 1 aliphatic rings. The standard InChI is InChI=1S/C17H26N2O/c1-4-10-19(11-5-2)17(20)15-12-14-8-6-7-9-16(14)18-13(15)3/h6-9,13,15,18H,4-5,10-12H2,1-3H3. The Balaban J connectivity index is 2.14. The van der Waals surface area contributed by atoms with E-state index in [9.17, 15) is 4.79 Å². The summed E-state index contributed by atoms with van der Waals surface area (Å²) < 4.78 is 0. The second-order valence-electron chi connectivity index (χ2n) is 5.73. The third kappa shape index (κ3) is 3.14. The summed E-state index contributed by atoms with van der Waals surface area (Å²) >= 11 is 0. The van der Waals surface area contributed by atoms with Crippen LogP contribution in [0.3, 0.4) is 0 Å². The van der Waals surface area contributed by atoms with Gasteiger partial charge in [0.25, 0.3) is 0 Å². The molecule has 1 aliphatic heterocycles. The SMILES string of the molecule is CCCN(CCC)C(=O)C1Cc2ccccc2NC1C. The van der Waals surface area contributed by atoms with Crippen molar-refractivity contribution >= 4 is 11.6 Å². The summed E-state index contributed by atoms with van der Waals surface area (Å²) in [4.78, 5) is 14.8. The fraction of sp³-hybridized carbons (Fsp3) is 0.588. The number of hydrogen-bond donors (Lipinski definition) is 1. The van der Waals surface area contributed by atoms with Gasteiger partial charge in [0.15, 0.2) is 0 Å². The van der Waals surface area contributed by atoms with Crippen LogP contribution in [0.25, 0.3) is 0 Å². The average Bonchev–Trinajstić information content (AvgIpc) is 2.45. The Kier molecular flexibility index (Phi) is 5.05. The lowest BCUT2D eigenvalue weighted by Gasteiger charge is -2.35. The van der Waals surface area contributed by atoms with Gasteiger partial charge in [0.1, 0.15) is 0 Å². The predicted molar refractivity (Wildman–Crippen MR) is 83.9 cm³/mol. The molecule has 3 heteroatoms. The second kappa shape index (κ2) is 6.78. The molecule has 0 aliphatic carbocycles. The molecule has 20 heavy (non-hydrogen) atoms. The smallest absolute Gasteiger partial charge is 0.228 e. The highest BCUT2D eigenvalue weighted by atomic mass is 16.2. The highest BCUT2D eigenvalue weighted by molar-refractivity contribution is 5.81. The zero-order valence-corrected chi connectivity index (χ0v) is 12.9. The van der Waals surface area contributed by atoms with Gasteiger partial charge in [-0.25, -0.2) is 0 Å². The number of nitrogens with one attached hydrogen (secondary N) is 1. The van der Waals surface area contributed by atoms with Crippen LogP contribution in [0.5, 0.6) is 0 Å². The van der Waals surface area contributed by atoms with Gasteiger partial charge in [-0.15, -0.1) is 0 Å². The van der Waals surface area contributed by atoms with Crippen molar-refractivity contribution in [2.45, 2.75) is 46.1 Å². The van der Waals surface area contributed by atoms with Gasteiger partial charge in [-0.3, -0.25) is 4.79 Å². The van der Waals surface area contributed by atoms with E-state index in [4.69, 9.17) is 0 Å². The molecule has 3 nitrogen and oxygen atoms in total. The summed E-state index contributed by atoms with van der Waals surface area (Å²) in [6.07, 6.45) is 2.90. The molecule has 1 aromatic carbocycles. The van der Waals surface area contributed by atoms with Crippen molar-refractivity contribution in [3.8, 4) is 0 Å². The monoisotopic (exact) mass is 274 g/mol. The summed E-state index contributed by atoms with van der Waals surface area (Å²) in [5.74, 6) is 0.367. The fourth-order valence-corrected chi connectivity index (χ4v) is 3.01. The van der Waals surface area contributed by atoms with E-state index < -0.39 is 0 Å². The van der Waals surface area contributed by atoms with Crippen molar-refractivity contribution in [2.75, 3.05) is 18.4 Å². The first kappa shape index (κ1) is 14.9. The molecular weight excluding hydrogens is 248 g/mol. The van der Waals surface area contributed by atoms with Crippen molar-refractivity contribution in [1.82, 2.24) is 4.90 Å². The van der Waals surface area contributed by atoms with Crippen LogP contribution in [-0.2, 0) is 11.2 Å². The Labute approximate surface area is 122 Å². The molecule has 1 amide bonds. The van der Waals surface area contributed by atoms with Crippen molar-refractivity contribution in [3.63, 3.8) is 0 Å². The molecule has 0 radical (unpaired) electrons. The molecule has 0 aromatic heterocycles. The lowest BCUT2D eigenvalue weighted by molar-refractivity contribution is -0.136. The average molecular weight is 274 g/mol. The van der Waals surface area contributed by atoms with E-state index in [1.807, 2.05) is 17.0 Å². The Morgan fingerprint density at radius 2 is 1.90 bits per heavy atom. The van der Waals surface area contributed by atoms with Gasteiger partial charge in [0.2, 0.25) is 5.91 Å². The van der Waals surface area contributed by atoms with Crippen LogP contribution < -0.4 is 5.32 Å². The first-order valence-corrected chi connectivity index (χ1v) is 7.80. The molecule has 1 heterocycles. The van der Waals surface area contributed by atoms with Crippen LogP contribution in [-0.4, -0.2) is 29.9 Å². The maximum absolute atomic E-state index is 12.8. The molecule has 110 valence electrons. The molecule has 2 rings (SSSR count). The number of rotatable bonds is 5. The fourth-order valence-electron chi connectivity index (χ4n) is 3.01. The lowest BCUT2D eigenvalue weighted by Crippen LogP contribution is -2.46. The largest absolute Gasteiger partial charge is 0.382 e. The molecule has 0 fully saturated rings. The van der Waals surface area contributed by atoms with Crippen molar-refractivity contribution in [3.05, 3.63) is 29.8 Å². The Hall–Kier alpha value is -1.51. The second-order valence-corrected chi connectivity index (χ2v) is 5.73. The molecule has 1 N–H and O–H groups in total. The number of carbonyl (C=O) groups is 1. The van der Waals surface area contributed by atoms with Crippen LogP contribution in [0.15, 0.2) is 24.3 Å². The van der Waals surface area contributed by atoms with Crippen LogP contribution in [0.4, 0.5) is 5.69 Å². The van der Waals surface area contributed by atoms with Gasteiger partial charge in [0, 0.05) is 24.8 Å². The number of nitrogens with zero attached hydrogens (tertiary/aromatic N) is 1. The van der Waals surface area contributed by atoms with Gasteiger partial charge in [-0.2, -0.15) is 0 Å². The van der Waals surface area contributed by atoms with E-state index in [2.05, 4.69) is 38.2 Å². The van der Waals surface area contributed by atoms with Crippen LogP contribution in [0.1, 0.15) is 39.2 Å². The van der Waals surface area contributed by atoms with Gasteiger partial charge >= 0.3 is 0 Å². The quantitative estimate of drug-likeness (QED) is 0.893. The Morgan fingerprint density at radius 3 is 2.55 bits per heavy atom. The van der Waals surface area contributed by atoms with Crippen molar-refractivity contribution in [2.24, 2.45) is 5.92 Å². The summed E-state index contributed by atoms with van der Waals surface area (Å²) in [6, 6.07) is 8.52. The molecule has 1 aromatic rings. The van der Waals surface area contributed by atoms with Crippen molar-refractivity contribution in [1.29, 1.82) is 0 Å². The number of hydrogen-bond acceptors (Lipinski definition) is 2. The summed E-state index contributed by atoms with van der Waals surface area (Å²) in [6.45, 7) is 8.13. The zero-order chi connectivity index (χ0) is 14.5. The molecule has 2 unspecified atom stereocenters. The maximum atomic E-state index is 12.8. The normalized spacial score (nSPS) is 20.9. The highest BCUT2D eigenvalue weighted by Crippen LogP contribution is 2.29. The van der Waals surface area contributed by atoms with E-state index in [1.54, 1.807) is 0 Å². The zero-order valence-electron chi connectivity index (χ0n) is 12.9. The van der Waals surface area contributed by atoms with E-state index in [0.717, 1.165) is 32.4 Å². The van der Waals surface area contributed by atoms with Gasteiger partial charge < -0.3 is 10.2 Å².